The van der Waals surface area contributed by atoms with Crippen molar-refractivity contribution >= 4 is 16.9 Å². The van der Waals surface area contributed by atoms with Gasteiger partial charge in [-0.15, -0.1) is 0 Å². The molecule has 23 heavy (non-hydrogen) atoms. The summed E-state index contributed by atoms with van der Waals surface area (Å²) < 4.78 is 16.0. The van der Waals surface area contributed by atoms with Gasteiger partial charge in [-0.25, -0.2) is 0 Å². The number of carbonyl (C=O) groups excluding carboxylic acids is 1. The van der Waals surface area contributed by atoms with Crippen LogP contribution in [0.2, 0.25) is 0 Å². The first kappa shape index (κ1) is 15.8. The molecule has 0 saturated carbocycles. The third kappa shape index (κ3) is 3.04. The molecule has 2 heterocycles. The summed E-state index contributed by atoms with van der Waals surface area (Å²) >= 11 is 0. The summed E-state index contributed by atoms with van der Waals surface area (Å²) in [6.45, 7) is 0.471. The summed E-state index contributed by atoms with van der Waals surface area (Å²) in [6.07, 6.45) is 2.51. The molecule has 1 saturated heterocycles. The van der Waals surface area contributed by atoms with Gasteiger partial charge in [-0.3, -0.25) is 4.79 Å². The van der Waals surface area contributed by atoms with E-state index < -0.39 is 0 Å². The summed E-state index contributed by atoms with van der Waals surface area (Å²) in [5.41, 5.74) is 1.53. The molecule has 1 aliphatic rings. The first-order valence-electron chi connectivity index (χ1n) is 7.63. The van der Waals surface area contributed by atoms with E-state index in [0.717, 1.165) is 10.9 Å². The molecule has 1 aromatic heterocycles. The van der Waals surface area contributed by atoms with Crippen molar-refractivity contribution in [3.63, 3.8) is 0 Å². The van der Waals surface area contributed by atoms with Gasteiger partial charge in [0.1, 0.15) is 11.3 Å². The highest BCUT2D eigenvalue weighted by molar-refractivity contribution is 5.88. The van der Waals surface area contributed by atoms with Crippen LogP contribution >= 0.6 is 0 Å². The third-order valence-corrected chi connectivity index (χ3v) is 4.45. The number of ether oxygens (including phenoxy) is 2. The normalized spacial score (nSPS) is 21.1. The van der Waals surface area contributed by atoms with Crippen molar-refractivity contribution in [2.45, 2.75) is 25.0 Å². The lowest BCUT2D eigenvalue weighted by atomic mass is 10.1. The van der Waals surface area contributed by atoms with E-state index in [1.807, 2.05) is 12.1 Å². The highest BCUT2D eigenvalue weighted by Crippen LogP contribution is 2.27. The van der Waals surface area contributed by atoms with Gasteiger partial charge in [0.15, 0.2) is 0 Å². The molecule has 1 aromatic carbocycles. The number of likely N-dealkylation sites (tertiary alicyclic amines) is 1. The van der Waals surface area contributed by atoms with Crippen molar-refractivity contribution in [2.24, 2.45) is 0 Å². The van der Waals surface area contributed by atoms with Gasteiger partial charge in [-0.05, 0) is 18.6 Å². The Labute approximate surface area is 134 Å². The Kier molecular flexibility index (Phi) is 4.54. The van der Waals surface area contributed by atoms with E-state index >= 15 is 0 Å². The minimum atomic E-state index is -0.175. The zero-order valence-electron chi connectivity index (χ0n) is 13.3. The average molecular weight is 319 g/mol. The molecule has 6 nitrogen and oxygen atoms in total. The van der Waals surface area contributed by atoms with Crippen LogP contribution in [0.25, 0.3) is 11.0 Å². The molecule has 2 atom stereocenters. The topological polar surface area (TPSA) is 72.1 Å². The fourth-order valence-electron chi connectivity index (χ4n) is 3.11. The highest BCUT2D eigenvalue weighted by Gasteiger charge is 2.34. The molecule has 3 rings (SSSR count). The number of methoxy groups -OCH3 is 2. The van der Waals surface area contributed by atoms with E-state index in [2.05, 4.69) is 0 Å². The number of aliphatic hydroxyl groups excluding tert-OH is 1. The Bertz CT molecular complexity index is 695. The number of hydrogen-bond donors (Lipinski definition) is 1. The van der Waals surface area contributed by atoms with Crippen LogP contribution in [0, 0.1) is 0 Å². The van der Waals surface area contributed by atoms with Crippen molar-refractivity contribution < 1.29 is 23.8 Å². The van der Waals surface area contributed by atoms with Crippen LogP contribution < -0.4 is 4.74 Å². The number of hydrogen-bond acceptors (Lipinski definition) is 5. The Balaban J connectivity index is 1.77. The molecular weight excluding hydrogens is 298 g/mol. The Morgan fingerprint density at radius 3 is 2.96 bits per heavy atom. The van der Waals surface area contributed by atoms with Crippen molar-refractivity contribution in [1.82, 2.24) is 4.90 Å². The molecule has 1 N–H and O–H groups in total. The van der Waals surface area contributed by atoms with Crippen LogP contribution in [0.5, 0.6) is 5.75 Å². The van der Waals surface area contributed by atoms with Crippen LogP contribution in [0.4, 0.5) is 0 Å². The third-order valence-electron chi connectivity index (χ3n) is 4.45. The number of nitrogens with zero attached hydrogens (tertiary/aromatic N) is 1. The summed E-state index contributed by atoms with van der Waals surface area (Å²) in [6, 6.07) is 5.37. The molecule has 2 aromatic rings. The summed E-state index contributed by atoms with van der Waals surface area (Å²) in [7, 11) is 3.23. The van der Waals surface area contributed by atoms with Gasteiger partial charge in [0, 0.05) is 30.7 Å². The Morgan fingerprint density at radius 2 is 2.26 bits per heavy atom. The second kappa shape index (κ2) is 6.60. The van der Waals surface area contributed by atoms with E-state index in [0.29, 0.717) is 24.3 Å². The zero-order chi connectivity index (χ0) is 16.4. The molecule has 6 heteroatoms. The fraction of sp³-hybridized carbons (Fsp3) is 0.471. The molecule has 0 spiro atoms. The van der Waals surface area contributed by atoms with Crippen LogP contribution in [0.3, 0.4) is 0 Å². The number of benzene rings is 1. The predicted molar refractivity (Wildman–Crippen MR) is 84.5 cm³/mol. The van der Waals surface area contributed by atoms with Crippen LogP contribution in [0.1, 0.15) is 12.0 Å². The highest BCUT2D eigenvalue weighted by atomic mass is 16.5. The van der Waals surface area contributed by atoms with Gasteiger partial charge in [-0.2, -0.15) is 0 Å². The molecule has 1 amide bonds. The maximum absolute atomic E-state index is 12.6. The average Bonchev–Trinajstić information content (AvgIpc) is 3.18. The first-order chi connectivity index (χ1) is 11.2. The maximum Gasteiger partial charge on any atom is 0.227 e. The molecule has 0 bridgehead atoms. The molecule has 0 unspecified atom stereocenters. The molecule has 124 valence electrons. The molecule has 1 fully saturated rings. The van der Waals surface area contributed by atoms with E-state index in [9.17, 15) is 9.90 Å². The van der Waals surface area contributed by atoms with E-state index in [-0.39, 0.29) is 31.1 Å². The minimum Gasteiger partial charge on any atom is -0.497 e. The van der Waals surface area contributed by atoms with E-state index in [4.69, 9.17) is 13.9 Å². The number of aliphatic hydroxyl groups is 1. The fourth-order valence-corrected chi connectivity index (χ4v) is 3.11. The summed E-state index contributed by atoms with van der Waals surface area (Å²) in [5, 5.41) is 10.4. The van der Waals surface area contributed by atoms with Crippen LogP contribution in [-0.2, 0) is 16.0 Å². The van der Waals surface area contributed by atoms with E-state index in [1.165, 1.54) is 0 Å². The zero-order valence-corrected chi connectivity index (χ0v) is 13.3. The molecule has 0 aliphatic carbocycles. The van der Waals surface area contributed by atoms with Gasteiger partial charge in [0.25, 0.3) is 0 Å². The number of amides is 1. The Hall–Kier alpha value is -2.05. The lowest BCUT2D eigenvalue weighted by Gasteiger charge is -2.22. The lowest BCUT2D eigenvalue weighted by Crippen LogP contribution is -2.38. The second-order valence-corrected chi connectivity index (χ2v) is 5.78. The number of rotatable bonds is 5. The van der Waals surface area contributed by atoms with Crippen molar-refractivity contribution in [3.8, 4) is 5.75 Å². The molecular formula is C17H21NO5. The van der Waals surface area contributed by atoms with Gasteiger partial charge in [0.05, 0.1) is 38.5 Å². The quantitative estimate of drug-likeness (QED) is 0.906. The maximum atomic E-state index is 12.6. The second-order valence-electron chi connectivity index (χ2n) is 5.78. The van der Waals surface area contributed by atoms with Crippen molar-refractivity contribution in [1.29, 1.82) is 0 Å². The van der Waals surface area contributed by atoms with Crippen LogP contribution in [-0.4, -0.2) is 55.4 Å². The Morgan fingerprint density at radius 1 is 1.43 bits per heavy atom. The summed E-state index contributed by atoms with van der Waals surface area (Å²) in [4.78, 5) is 14.3. The number of fused-ring (bicyclic) bond motifs is 1. The SMILES string of the molecule is COc1ccc2c(CC(=O)N3C[C@H](OC)C[C@H]3CO)coc2c1. The molecule has 0 radical (unpaired) electrons. The summed E-state index contributed by atoms with van der Waals surface area (Å²) in [5.74, 6) is 0.690. The number of furan rings is 1. The lowest BCUT2D eigenvalue weighted by molar-refractivity contribution is -0.132. The standard InChI is InChI=1S/C17H21NO5/c1-21-13-3-4-15-11(10-23-16(15)7-13)5-17(20)18-8-14(22-2)6-12(18)9-19/h3-4,7,10,12,14,19H,5-6,8-9H2,1-2H3/t12-,14+/m0/s1. The monoisotopic (exact) mass is 319 g/mol. The molecule has 1 aliphatic heterocycles. The minimum absolute atomic E-state index is 0.0125. The predicted octanol–water partition coefficient (Wildman–Crippen LogP) is 1.59. The number of carbonyl (C=O) groups is 1. The smallest absolute Gasteiger partial charge is 0.227 e. The van der Waals surface area contributed by atoms with Gasteiger partial charge in [0.2, 0.25) is 5.91 Å². The first-order valence-corrected chi connectivity index (χ1v) is 7.63. The van der Waals surface area contributed by atoms with Crippen LogP contribution in [0.15, 0.2) is 28.9 Å². The van der Waals surface area contributed by atoms with Crippen molar-refractivity contribution in [3.05, 3.63) is 30.0 Å². The van der Waals surface area contributed by atoms with E-state index in [1.54, 1.807) is 31.4 Å². The largest absolute Gasteiger partial charge is 0.497 e. The van der Waals surface area contributed by atoms with Gasteiger partial charge < -0.3 is 23.9 Å². The van der Waals surface area contributed by atoms with Gasteiger partial charge >= 0.3 is 0 Å². The van der Waals surface area contributed by atoms with Crippen molar-refractivity contribution in [2.75, 3.05) is 27.4 Å². The van der Waals surface area contributed by atoms with Gasteiger partial charge in [-0.1, -0.05) is 0 Å².